The number of pyridine rings is 1. The van der Waals surface area contributed by atoms with Crippen molar-refractivity contribution in [1.29, 1.82) is 0 Å². The maximum atomic E-state index is 13.9. The van der Waals surface area contributed by atoms with Crippen LogP contribution >= 0.6 is 0 Å². The number of carbonyl (C=O) groups excluding carboxylic acids is 1. The van der Waals surface area contributed by atoms with Crippen molar-refractivity contribution in [3.05, 3.63) is 53.7 Å². The van der Waals surface area contributed by atoms with E-state index in [2.05, 4.69) is 4.98 Å². The Kier molecular flexibility index (Phi) is 6.18. The maximum absolute atomic E-state index is 13.9. The highest BCUT2D eigenvalue weighted by atomic mass is 16.5. The van der Waals surface area contributed by atoms with Crippen LogP contribution in [0.3, 0.4) is 0 Å². The fraction of sp³-hybridized carbons (Fsp3) is 0.200. The van der Waals surface area contributed by atoms with Gasteiger partial charge in [0.25, 0.3) is 0 Å². The number of hydrogen-bond acceptors (Lipinski definition) is 9. The minimum absolute atomic E-state index is 0.112. The van der Waals surface area contributed by atoms with Gasteiger partial charge in [-0.25, -0.2) is 4.98 Å². The SMILES string of the molecule is COc1ccc(-c2oc3c(O)c(OC)ccc3c2C(=O)c2cc(OC)c(OC)c(OC)c2)cn1. The van der Waals surface area contributed by atoms with Gasteiger partial charge in [0, 0.05) is 28.8 Å². The molecule has 0 bridgehead atoms. The molecule has 34 heavy (non-hydrogen) atoms. The minimum Gasteiger partial charge on any atom is -0.502 e. The van der Waals surface area contributed by atoms with E-state index in [-0.39, 0.29) is 39.8 Å². The summed E-state index contributed by atoms with van der Waals surface area (Å²) < 4.78 is 32.5. The first-order chi connectivity index (χ1) is 16.5. The molecule has 176 valence electrons. The fourth-order valence-electron chi connectivity index (χ4n) is 3.71. The zero-order valence-corrected chi connectivity index (χ0v) is 19.3. The maximum Gasteiger partial charge on any atom is 0.212 e. The highest BCUT2D eigenvalue weighted by Crippen LogP contribution is 2.44. The number of phenols is 1. The number of ether oxygens (including phenoxy) is 5. The van der Waals surface area contributed by atoms with Crippen molar-refractivity contribution >= 4 is 16.8 Å². The number of fused-ring (bicyclic) bond motifs is 1. The van der Waals surface area contributed by atoms with E-state index >= 15 is 0 Å². The van der Waals surface area contributed by atoms with Crippen LogP contribution in [0.4, 0.5) is 0 Å². The second-order valence-electron chi connectivity index (χ2n) is 7.13. The number of methoxy groups -OCH3 is 5. The molecule has 1 N–H and O–H groups in total. The average molecular weight is 465 g/mol. The summed E-state index contributed by atoms with van der Waals surface area (Å²) >= 11 is 0. The molecule has 9 heteroatoms. The predicted molar refractivity (Wildman–Crippen MR) is 124 cm³/mol. The molecule has 0 radical (unpaired) electrons. The van der Waals surface area contributed by atoms with E-state index < -0.39 is 0 Å². The first-order valence-electron chi connectivity index (χ1n) is 10.1. The number of aromatic hydroxyl groups is 1. The number of rotatable bonds is 8. The van der Waals surface area contributed by atoms with Crippen molar-refractivity contribution in [1.82, 2.24) is 4.98 Å². The molecule has 0 fully saturated rings. The largest absolute Gasteiger partial charge is 0.502 e. The van der Waals surface area contributed by atoms with E-state index in [1.165, 1.54) is 41.7 Å². The first kappa shape index (κ1) is 22.8. The van der Waals surface area contributed by atoms with Crippen molar-refractivity contribution in [2.45, 2.75) is 0 Å². The summed E-state index contributed by atoms with van der Waals surface area (Å²) in [4.78, 5) is 18.1. The van der Waals surface area contributed by atoms with Crippen molar-refractivity contribution < 1.29 is 38.0 Å². The number of hydrogen-bond donors (Lipinski definition) is 1. The van der Waals surface area contributed by atoms with Crippen LogP contribution in [0.2, 0.25) is 0 Å². The van der Waals surface area contributed by atoms with Gasteiger partial charge < -0.3 is 33.2 Å². The van der Waals surface area contributed by atoms with Gasteiger partial charge in [0.05, 0.1) is 41.1 Å². The molecule has 9 nitrogen and oxygen atoms in total. The number of benzene rings is 2. The van der Waals surface area contributed by atoms with Crippen LogP contribution in [0.25, 0.3) is 22.3 Å². The fourth-order valence-corrected chi connectivity index (χ4v) is 3.71. The van der Waals surface area contributed by atoms with E-state index in [0.717, 1.165) is 0 Å². The van der Waals surface area contributed by atoms with E-state index in [4.69, 9.17) is 28.1 Å². The molecule has 0 aliphatic carbocycles. The summed E-state index contributed by atoms with van der Waals surface area (Å²) in [6.07, 6.45) is 1.52. The Labute approximate surface area is 195 Å². The number of phenolic OH excluding ortho intramolecular Hbond substituents is 1. The summed E-state index contributed by atoms with van der Waals surface area (Å²) in [5.74, 6) is 1.27. The van der Waals surface area contributed by atoms with E-state index in [0.29, 0.717) is 34.1 Å². The first-order valence-corrected chi connectivity index (χ1v) is 10.1. The summed E-state index contributed by atoms with van der Waals surface area (Å²) in [6.45, 7) is 0. The van der Waals surface area contributed by atoms with Crippen LogP contribution in [0.1, 0.15) is 15.9 Å². The summed E-state index contributed by atoms with van der Waals surface area (Å²) in [7, 11) is 7.36. The molecule has 0 saturated carbocycles. The third-order valence-electron chi connectivity index (χ3n) is 5.38. The zero-order valence-electron chi connectivity index (χ0n) is 19.3. The Hall–Kier alpha value is -4.40. The highest BCUT2D eigenvalue weighted by Gasteiger charge is 2.28. The summed E-state index contributed by atoms with van der Waals surface area (Å²) in [5.41, 5.74) is 1.14. The number of ketones is 1. The molecule has 2 aromatic carbocycles. The van der Waals surface area contributed by atoms with Gasteiger partial charge in [0.1, 0.15) is 5.76 Å². The van der Waals surface area contributed by atoms with Crippen LogP contribution < -0.4 is 23.7 Å². The monoisotopic (exact) mass is 465 g/mol. The van der Waals surface area contributed by atoms with Gasteiger partial charge in [-0.1, -0.05) is 0 Å². The van der Waals surface area contributed by atoms with Crippen molar-refractivity contribution in [2.75, 3.05) is 35.5 Å². The lowest BCUT2D eigenvalue weighted by Gasteiger charge is -2.14. The zero-order chi connectivity index (χ0) is 24.4. The molecule has 0 aliphatic heterocycles. The Balaban J connectivity index is 1.98. The predicted octanol–water partition coefficient (Wildman–Crippen LogP) is 4.47. The van der Waals surface area contributed by atoms with Crippen LogP contribution in [0.15, 0.2) is 47.0 Å². The minimum atomic E-state index is -0.381. The Morgan fingerprint density at radius 1 is 0.853 bits per heavy atom. The van der Waals surface area contributed by atoms with Crippen molar-refractivity contribution in [2.24, 2.45) is 0 Å². The average Bonchev–Trinajstić information content (AvgIpc) is 3.28. The second kappa shape index (κ2) is 9.22. The number of furan rings is 1. The lowest BCUT2D eigenvalue weighted by atomic mass is 9.97. The van der Waals surface area contributed by atoms with Crippen LogP contribution in [0.5, 0.6) is 34.6 Å². The standard InChI is InChI=1S/C25H23NO8/c1-29-16-8-7-15-20(21(27)14-10-17(30-2)25(33-5)18(11-14)31-3)23(34-24(15)22(16)28)13-6-9-19(32-4)26-12-13/h6-12,28H,1-5H3. The molecular weight excluding hydrogens is 442 g/mol. The third kappa shape index (κ3) is 3.71. The van der Waals surface area contributed by atoms with Gasteiger partial charge in [-0.3, -0.25) is 4.79 Å². The molecule has 0 spiro atoms. The molecule has 0 aliphatic rings. The summed E-state index contributed by atoms with van der Waals surface area (Å²) in [5, 5.41) is 11.1. The smallest absolute Gasteiger partial charge is 0.212 e. The molecule has 2 heterocycles. The number of aromatic nitrogens is 1. The van der Waals surface area contributed by atoms with E-state index in [1.807, 2.05) is 0 Å². The lowest BCUT2D eigenvalue weighted by molar-refractivity contribution is 0.103. The molecule has 0 saturated heterocycles. The molecule has 4 rings (SSSR count). The lowest BCUT2D eigenvalue weighted by Crippen LogP contribution is -2.05. The van der Waals surface area contributed by atoms with Gasteiger partial charge >= 0.3 is 0 Å². The van der Waals surface area contributed by atoms with Gasteiger partial charge in [-0.2, -0.15) is 0 Å². The van der Waals surface area contributed by atoms with Crippen molar-refractivity contribution in [3.63, 3.8) is 0 Å². The summed E-state index contributed by atoms with van der Waals surface area (Å²) in [6, 6.07) is 9.70. The van der Waals surface area contributed by atoms with Crippen molar-refractivity contribution in [3.8, 4) is 46.0 Å². The van der Waals surface area contributed by atoms with E-state index in [1.54, 1.807) is 36.4 Å². The third-order valence-corrected chi connectivity index (χ3v) is 5.38. The van der Waals surface area contributed by atoms with Crippen LogP contribution in [0, 0.1) is 0 Å². The topological polar surface area (TPSA) is 109 Å². The normalized spacial score (nSPS) is 10.7. The molecule has 2 aromatic heterocycles. The quantitative estimate of drug-likeness (QED) is 0.377. The molecule has 4 aromatic rings. The van der Waals surface area contributed by atoms with Crippen LogP contribution in [-0.4, -0.2) is 51.4 Å². The molecule has 0 amide bonds. The number of nitrogens with zero attached hydrogens (tertiary/aromatic N) is 1. The Morgan fingerprint density at radius 2 is 1.53 bits per heavy atom. The molecular formula is C25H23NO8. The van der Waals surface area contributed by atoms with Gasteiger partial charge in [-0.15, -0.1) is 0 Å². The highest BCUT2D eigenvalue weighted by molar-refractivity contribution is 6.20. The van der Waals surface area contributed by atoms with Gasteiger partial charge in [0.15, 0.2) is 28.6 Å². The second-order valence-corrected chi connectivity index (χ2v) is 7.13. The van der Waals surface area contributed by atoms with Gasteiger partial charge in [-0.05, 0) is 30.3 Å². The molecule has 0 atom stereocenters. The number of carbonyl (C=O) groups is 1. The van der Waals surface area contributed by atoms with E-state index in [9.17, 15) is 9.90 Å². The molecule has 0 unspecified atom stereocenters. The van der Waals surface area contributed by atoms with Crippen LogP contribution in [-0.2, 0) is 0 Å². The van der Waals surface area contributed by atoms with Gasteiger partial charge in [0.2, 0.25) is 17.4 Å². The Morgan fingerprint density at radius 3 is 2.06 bits per heavy atom. The Bertz CT molecular complexity index is 1330.